The molecule has 0 aliphatic carbocycles. The van der Waals surface area contributed by atoms with Gasteiger partial charge < -0.3 is 23.9 Å². The zero-order valence-corrected chi connectivity index (χ0v) is 27.1. The molecule has 0 saturated carbocycles. The average molecular weight is 637 g/mol. The monoisotopic (exact) mass is 636 g/mol. The fourth-order valence-corrected chi connectivity index (χ4v) is 4.44. The Morgan fingerprint density at radius 1 is 0.717 bits per heavy atom. The third-order valence-corrected chi connectivity index (χ3v) is 6.67. The van der Waals surface area contributed by atoms with Gasteiger partial charge in [-0.25, -0.2) is 9.59 Å². The van der Waals surface area contributed by atoms with Gasteiger partial charge in [0.2, 0.25) is 0 Å². The van der Waals surface area contributed by atoms with E-state index < -0.39 is 22.5 Å². The van der Waals surface area contributed by atoms with E-state index in [9.17, 15) is 19.7 Å². The molecule has 0 amide bonds. The molecular weight excluding hydrogens is 592 g/mol. The predicted octanol–water partition coefficient (Wildman–Crippen LogP) is 8.13. The minimum atomic E-state index is -0.627. The molecule has 3 aromatic carbocycles. The Hall–Kier alpha value is -4.64. The van der Waals surface area contributed by atoms with Crippen LogP contribution in [0.4, 0.5) is 5.69 Å². The number of hydroxylamine groups is 2. The number of methoxy groups -OCH3 is 1. The van der Waals surface area contributed by atoms with Gasteiger partial charge in [0, 0.05) is 11.3 Å². The molecule has 0 spiro atoms. The van der Waals surface area contributed by atoms with E-state index in [1.165, 1.54) is 24.5 Å². The SMILES string of the molecule is COC(=O)c1cccc(ON(CCCCCCCCCCOc2cccc([N+](=O)[O-])c2)Oc2cccc(C(=O)OC(C)(C)C)c2)c1. The van der Waals surface area contributed by atoms with Gasteiger partial charge in [-0.2, -0.15) is 0 Å². The summed E-state index contributed by atoms with van der Waals surface area (Å²) in [6, 6.07) is 19.6. The maximum Gasteiger partial charge on any atom is 0.338 e. The minimum absolute atomic E-state index is 0.0268. The molecule has 0 aliphatic rings. The second kappa shape index (κ2) is 18.4. The Morgan fingerprint density at radius 3 is 1.80 bits per heavy atom. The fraction of sp³-hybridized carbons (Fsp3) is 0.429. The van der Waals surface area contributed by atoms with Crippen LogP contribution >= 0.6 is 0 Å². The Morgan fingerprint density at radius 2 is 1.24 bits per heavy atom. The van der Waals surface area contributed by atoms with Crippen molar-refractivity contribution in [2.45, 2.75) is 77.7 Å². The van der Waals surface area contributed by atoms with Crippen LogP contribution < -0.4 is 14.4 Å². The lowest BCUT2D eigenvalue weighted by Crippen LogP contribution is -2.32. The molecular formula is C35H44N2O9. The summed E-state index contributed by atoms with van der Waals surface area (Å²) in [5, 5.41) is 12.2. The van der Waals surface area contributed by atoms with Gasteiger partial charge in [-0.1, -0.05) is 56.7 Å². The topological polar surface area (TPSA) is 127 Å². The first-order valence-corrected chi connectivity index (χ1v) is 15.6. The number of nitro benzene ring substituents is 1. The molecule has 11 heteroatoms. The third-order valence-electron chi connectivity index (χ3n) is 6.67. The largest absolute Gasteiger partial charge is 0.493 e. The molecule has 0 heterocycles. The average Bonchev–Trinajstić information content (AvgIpc) is 3.02. The summed E-state index contributed by atoms with van der Waals surface area (Å²) < 4.78 is 16.0. The number of carbonyl (C=O) groups excluding carboxylic acids is 2. The molecule has 3 aromatic rings. The van der Waals surface area contributed by atoms with Crippen LogP contribution in [0.15, 0.2) is 72.8 Å². The molecule has 0 unspecified atom stereocenters. The highest BCUT2D eigenvalue weighted by Gasteiger charge is 2.19. The Bertz CT molecular complexity index is 1420. The van der Waals surface area contributed by atoms with Gasteiger partial charge in [0.15, 0.2) is 11.5 Å². The van der Waals surface area contributed by atoms with E-state index in [2.05, 4.69) is 0 Å². The second-order valence-corrected chi connectivity index (χ2v) is 11.7. The first-order chi connectivity index (χ1) is 22.0. The van der Waals surface area contributed by atoms with Gasteiger partial charge in [0.05, 0.1) is 42.4 Å². The maximum atomic E-state index is 12.6. The molecule has 0 aromatic heterocycles. The third kappa shape index (κ3) is 13.2. The highest BCUT2D eigenvalue weighted by molar-refractivity contribution is 5.90. The maximum absolute atomic E-state index is 12.6. The number of esters is 2. The van der Waals surface area contributed by atoms with Crippen LogP contribution in [-0.2, 0) is 9.47 Å². The van der Waals surface area contributed by atoms with Crippen molar-refractivity contribution < 1.29 is 38.4 Å². The van der Waals surface area contributed by atoms with Gasteiger partial charge in [0.25, 0.3) is 5.69 Å². The number of unbranched alkanes of at least 4 members (excludes halogenated alkanes) is 7. The summed E-state index contributed by atoms with van der Waals surface area (Å²) in [6.07, 6.45) is 7.98. The van der Waals surface area contributed by atoms with Crippen LogP contribution in [0.3, 0.4) is 0 Å². The quantitative estimate of drug-likeness (QED) is 0.0551. The van der Waals surface area contributed by atoms with E-state index in [1.54, 1.807) is 60.7 Å². The summed E-state index contributed by atoms with van der Waals surface area (Å²) in [7, 11) is 1.32. The lowest BCUT2D eigenvalue weighted by Gasteiger charge is -2.23. The number of nitro groups is 1. The van der Waals surface area contributed by atoms with Crippen molar-refractivity contribution >= 4 is 17.6 Å². The van der Waals surface area contributed by atoms with Crippen LogP contribution in [0.5, 0.6) is 17.2 Å². The number of non-ortho nitro benzene ring substituents is 1. The minimum Gasteiger partial charge on any atom is -0.493 e. The van der Waals surface area contributed by atoms with Gasteiger partial charge in [0.1, 0.15) is 11.4 Å². The van der Waals surface area contributed by atoms with E-state index in [-0.39, 0.29) is 5.69 Å². The Kier molecular flexibility index (Phi) is 14.3. The van der Waals surface area contributed by atoms with Crippen molar-refractivity contribution in [2.75, 3.05) is 20.3 Å². The van der Waals surface area contributed by atoms with Crippen LogP contribution in [-0.4, -0.2) is 48.0 Å². The molecule has 11 nitrogen and oxygen atoms in total. The van der Waals surface area contributed by atoms with Crippen LogP contribution in [0, 0.1) is 10.1 Å². The number of carbonyl (C=O) groups is 2. The summed E-state index contributed by atoms with van der Waals surface area (Å²) in [4.78, 5) is 47.1. The predicted molar refractivity (Wildman–Crippen MR) is 173 cm³/mol. The molecule has 0 fully saturated rings. The van der Waals surface area contributed by atoms with E-state index in [1.807, 2.05) is 20.8 Å². The van der Waals surface area contributed by atoms with Crippen molar-refractivity contribution in [3.63, 3.8) is 0 Å². The lowest BCUT2D eigenvalue weighted by molar-refractivity contribution is -0.384. The standard InChI is InChI=1S/C35H44N2O9/c1-35(2,3)44-34(39)28-17-14-21-32(25-28)46-36(45-31-20-13-16-27(24-31)33(38)42-4)22-11-9-7-5-6-8-10-12-23-43-30-19-15-18-29(26-30)37(40)41/h13-21,24-26H,5-12,22-23H2,1-4H3. The number of hydrogen-bond donors (Lipinski definition) is 0. The van der Waals surface area contributed by atoms with E-state index in [0.717, 1.165) is 51.4 Å². The number of ether oxygens (including phenoxy) is 3. The van der Waals surface area contributed by atoms with Gasteiger partial charge in [-0.3, -0.25) is 10.1 Å². The molecule has 0 atom stereocenters. The smallest absolute Gasteiger partial charge is 0.338 e. The van der Waals surface area contributed by atoms with Crippen LogP contribution in [0.1, 0.15) is 92.9 Å². The van der Waals surface area contributed by atoms with Crippen molar-refractivity contribution in [3.8, 4) is 17.2 Å². The lowest BCUT2D eigenvalue weighted by atomic mass is 10.1. The molecule has 0 radical (unpaired) electrons. The van der Waals surface area contributed by atoms with E-state index in [0.29, 0.717) is 41.5 Å². The second-order valence-electron chi connectivity index (χ2n) is 11.7. The fourth-order valence-electron chi connectivity index (χ4n) is 4.44. The molecule has 0 aliphatic heterocycles. The molecule has 46 heavy (non-hydrogen) atoms. The van der Waals surface area contributed by atoms with Crippen molar-refractivity contribution in [1.82, 2.24) is 5.23 Å². The first kappa shape index (κ1) is 35.8. The van der Waals surface area contributed by atoms with Crippen LogP contribution in [0.25, 0.3) is 0 Å². The number of rotatable bonds is 19. The Balaban J connectivity index is 1.45. The highest BCUT2D eigenvalue weighted by atomic mass is 16.9. The highest BCUT2D eigenvalue weighted by Crippen LogP contribution is 2.22. The summed E-state index contributed by atoms with van der Waals surface area (Å²) in [5.74, 6) is 0.398. The Labute approximate surface area is 270 Å². The molecule has 0 saturated heterocycles. The number of benzene rings is 3. The van der Waals surface area contributed by atoms with E-state index in [4.69, 9.17) is 23.9 Å². The van der Waals surface area contributed by atoms with Crippen LogP contribution in [0.2, 0.25) is 0 Å². The number of hydrogen-bond acceptors (Lipinski definition) is 10. The molecule has 0 N–H and O–H groups in total. The zero-order valence-electron chi connectivity index (χ0n) is 27.1. The first-order valence-electron chi connectivity index (χ1n) is 15.6. The summed E-state index contributed by atoms with van der Waals surface area (Å²) >= 11 is 0. The summed E-state index contributed by atoms with van der Waals surface area (Å²) in [6.45, 7) is 6.40. The van der Waals surface area contributed by atoms with Crippen molar-refractivity contribution in [2.24, 2.45) is 0 Å². The van der Waals surface area contributed by atoms with E-state index >= 15 is 0 Å². The van der Waals surface area contributed by atoms with Gasteiger partial charge >= 0.3 is 11.9 Å². The van der Waals surface area contributed by atoms with Gasteiger partial charge in [-0.15, -0.1) is 0 Å². The molecule has 248 valence electrons. The molecule has 3 rings (SSSR count). The normalized spacial score (nSPS) is 11.2. The van der Waals surface area contributed by atoms with Crippen molar-refractivity contribution in [3.05, 3.63) is 94.0 Å². The number of nitrogens with zero attached hydrogens (tertiary/aromatic N) is 2. The molecule has 0 bridgehead atoms. The van der Waals surface area contributed by atoms with Crippen molar-refractivity contribution in [1.29, 1.82) is 0 Å². The zero-order chi connectivity index (χ0) is 33.4. The van der Waals surface area contributed by atoms with Gasteiger partial charge in [-0.05, 0) is 76.1 Å². The summed E-state index contributed by atoms with van der Waals surface area (Å²) in [5.41, 5.74) is 0.106.